The molecule has 0 aliphatic carbocycles. The number of carbonyl (C=O) groups excluding carboxylic acids is 1. The molecule has 0 bridgehead atoms. The lowest BCUT2D eigenvalue weighted by atomic mass is 10.0. The van der Waals surface area contributed by atoms with Crippen molar-refractivity contribution < 1.29 is 40.6 Å². The summed E-state index contributed by atoms with van der Waals surface area (Å²) in [5, 5.41) is -0.132. The van der Waals surface area contributed by atoms with Gasteiger partial charge in [-0.25, -0.2) is 18.0 Å². The van der Waals surface area contributed by atoms with Crippen molar-refractivity contribution in [3.63, 3.8) is 0 Å². The van der Waals surface area contributed by atoms with Crippen LogP contribution in [-0.2, 0) is 6.42 Å². The summed E-state index contributed by atoms with van der Waals surface area (Å²) in [6, 6.07) is 7.33. The molecule has 0 amide bonds. The smallest absolute Gasteiger partial charge is 0.423 e. The molecular formula is C22H16F6O3. The lowest BCUT2D eigenvalue weighted by Gasteiger charge is -2.12. The normalized spacial score (nSPS) is 11.6. The summed E-state index contributed by atoms with van der Waals surface area (Å²) >= 11 is 0. The van der Waals surface area contributed by atoms with E-state index in [0.717, 1.165) is 55.3 Å². The van der Waals surface area contributed by atoms with Crippen LogP contribution in [0.1, 0.15) is 35.7 Å². The van der Waals surface area contributed by atoms with Crippen LogP contribution in [0, 0.1) is 17.5 Å². The second-order valence-electron chi connectivity index (χ2n) is 6.74. The molecule has 164 valence electrons. The summed E-state index contributed by atoms with van der Waals surface area (Å²) in [5.74, 6) is -5.89. The zero-order chi connectivity index (χ0) is 22.8. The van der Waals surface area contributed by atoms with Crippen molar-refractivity contribution in [2.75, 3.05) is 0 Å². The number of alkyl halides is 3. The first-order valence-corrected chi connectivity index (χ1v) is 9.27. The predicted molar refractivity (Wildman–Crippen MR) is 101 cm³/mol. The molecule has 0 N–H and O–H groups in total. The number of halogens is 6. The largest absolute Gasteiger partial charge is 0.573 e. The monoisotopic (exact) mass is 442 g/mol. The number of carbonyl (C=O) groups is 1. The molecule has 0 atom stereocenters. The first kappa shape index (κ1) is 22.5. The van der Waals surface area contributed by atoms with Crippen LogP contribution in [0.3, 0.4) is 0 Å². The van der Waals surface area contributed by atoms with E-state index >= 15 is 0 Å². The van der Waals surface area contributed by atoms with Crippen molar-refractivity contribution in [2.45, 2.75) is 32.5 Å². The molecule has 0 aliphatic rings. The first-order valence-electron chi connectivity index (χ1n) is 9.27. The van der Waals surface area contributed by atoms with Crippen molar-refractivity contribution >= 4 is 16.7 Å². The van der Waals surface area contributed by atoms with Gasteiger partial charge in [-0.05, 0) is 60.2 Å². The van der Waals surface area contributed by atoms with Crippen LogP contribution in [0.15, 0.2) is 42.5 Å². The van der Waals surface area contributed by atoms with E-state index in [-0.39, 0.29) is 16.5 Å². The number of hydrogen-bond acceptors (Lipinski definition) is 3. The molecule has 31 heavy (non-hydrogen) atoms. The number of benzene rings is 3. The van der Waals surface area contributed by atoms with Crippen LogP contribution in [0.4, 0.5) is 26.3 Å². The summed E-state index contributed by atoms with van der Waals surface area (Å²) in [7, 11) is 0. The number of unbranched alkanes of at least 4 members (excludes halogenated alkanes) is 1. The Hall–Kier alpha value is -3.23. The second-order valence-corrected chi connectivity index (χ2v) is 6.74. The fourth-order valence-electron chi connectivity index (χ4n) is 3.02. The van der Waals surface area contributed by atoms with Crippen molar-refractivity contribution in [3.8, 4) is 11.5 Å². The van der Waals surface area contributed by atoms with Crippen LogP contribution in [0.25, 0.3) is 10.8 Å². The Bertz CT molecular complexity index is 1100. The van der Waals surface area contributed by atoms with E-state index in [4.69, 9.17) is 4.74 Å². The SMILES string of the molecule is CCCCc1cc(F)c(C(=O)Oc2ccc3c(F)c(OC(F)(F)F)ccc3c2)c(F)c1. The lowest BCUT2D eigenvalue weighted by Crippen LogP contribution is -2.18. The summed E-state index contributed by atoms with van der Waals surface area (Å²) < 4.78 is 88.4. The molecule has 0 fully saturated rings. The summed E-state index contributed by atoms with van der Waals surface area (Å²) in [4.78, 5) is 12.3. The van der Waals surface area contributed by atoms with Gasteiger partial charge in [-0.3, -0.25) is 0 Å². The van der Waals surface area contributed by atoms with Gasteiger partial charge in [0.1, 0.15) is 22.9 Å². The van der Waals surface area contributed by atoms with Gasteiger partial charge in [0, 0.05) is 5.39 Å². The fourth-order valence-corrected chi connectivity index (χ4v) is 3.02. The summed E-state index contributed by atoms with van der Waals surface area (Å²) in [6.07, 6.45) is -3.05. The van der Waals surface area contributed by atoms with Crippen LogP contribution in [0.5, 0.6) is 11.5 Å². The highest BCUT2D eigenvalue weighted by Crippen LogP contribution is 2.32. The maximum atomic E-state index is 14.3. The number of aryl methyl sites for hydroxylation is 1. The molecule has 9 heteroatoms. The van der Waals surface area contributed by atoms with E-state index in [2.05, 4.69) is 4.74 Å². The van der Waals surface area contributed by atoms with Gasteiger partial charge >= 0.3 is 12.3 Å². The molecule has 0 saturated heterocycles. The quantitative estimate of drug-likeness (QED) is 0.242. The molecule has 3 aromatic carbocycles. The van der Waals surface area contributed by atoms with Gasteiger partial charge in [-0.2, -0.15) is 0 Å². The minimum absolute atomic E-state index is 0.0909. The molecule has 3 nitrogen and oxygen atoms in total. The lowest BCUT2D eigenvalue weighted by molar-refractivity contribution is -0.275. The molecule has 3 rings (SSSR count). The van der Waals surface area contributed by atoms with Crippen LogP contribution in [-0.4, -0.2) is 12.3 Å². The van der Waals surface area contributed by atoms with Crippen molar-refractivity contribution in [3.05, 3.63) is 71.0 Å². The third-order valence-corrected chi connectivity index (χ3v) is 4.45. The molecule has 0 heterocycles. The van der Waals surface area contributed by atoms with E-state index < -0.39 is 41.1 Å². The molecule has 0 aliphatic heterocycles. The number of fused-ring (bicyclic) bond motifs is 1. The highest BCUT2D eigenvalue weighted by Gasteiger charge is 2.32. The van der Waals surface area contributed by atoms with Gasteiger partial charge in [-0.1, -0.05) is 19.4 Å². The molecule has 0 saturated carbocycles. The highest BCUT2D eigenvalue weighted by atomic mass is 19.4. The maximum absolute atomic E-state index is 14.3. The Morgan fingerprint density at radius 1 is 0.968 bits per heavy atom. The van der Waals surface area contributed by atoms with E-state index in [0.29, 0.717) is 12.0 Å². The summed E-state index contributed by atoms with van der Waals surface area (Å²) in [6.45, 7) is 1.93. The average molecular weight is 442 g/mol. The fraction of sp³-hybridized carbons (Fsp3) is 0.227. The van der Waals surface area contributed by atoms with Crippen LogP contribution < -0.4 is 9.47 Å². The van der Waals surface area contributed by atoms with Gasteiger partial charge in [0.25, 0.3) is 0 Å². The van der Waals surface area contributed by atoms with E-state index in [9.17, 15) is 31.1 Å². The highest BCUT2D eigenvalue weighted by molar-refractivity contribution is 5.93. The van der Waals surface area contributed by atoms with Crippen molar-refractivity contribution in [1.82, 2.24) is 0 Å². The minimum atomic E-state index is -5.07. The van der Waals surface area contributed by atoms with Gasteiger partial charge in [-0.15, -0.1) is 13.2 Å². The Kier molecular flexibility index (Phi) is 6.42. The molecule has 0 unspecified atom stereocenters. The maximum Gasteiger partial charge on any atom is 0.573 e. The Morgan fingerprint density at radius 3 is 2.26 bits per heavy atom. The Labute approximate surface area is 173 Å². The zero-order valence-corrected chi connectivity index (χ0v) is 16.2. The minimum Gasteiger partial charge on any atom is -0.423 e. The molecule has 0 spiro atoms. The molecule has 3 aromatic rings. The number of rotatable bonds is 6. The topological polar surface area (TPSA) is 35.5 Å². The van der Waals surface area contributed by atoms with Gasteiger partial charge in [0.05, 0.1) is 0 Å². The number of ether oxygens (including phenoxy) is 2. The molecule has 0 radical (unpaired) electrons. The van der Waals surface area contributed by atoms with Crippen LogP contribution in [0.2, 0.25) is 0 Å². The van der Waals surface area contributed by atoms with Crippen LogP contribution >= 0.6 is 0 Å². The average Bonchev–Trinajstić information content (AvgIpc) is 2.67. The van der Waals surface area contributed by atoms with Gasteiger partial charge < -0.3 is 9.47 Å². The molecule has 0 aromatic heterocycles. The number of hydrogen-bond donors (Lipinski definition) is 0. The Morgan fingerprint density at radius 2 is 1.65 bits per heavy atom. The van der Waals surface area contributed by atoms with Gasteiger partial charge in [0.2, 0.25) is 0 Å². The third kappa shape index (κ3) is 5.28. The van der Waals surface area contributed by atoms with E-state index in [1.54, 1.807) is 0 Å². The Balaban J connectivity index is 1.85. The third-order valence-electron chi connectivity index (χ3n) is 4.45. The second kappa shape index (κ2) is 8.87. The number of esters is 1. The van der Waals surface area contributed by atoms with Crippen molar-refractivity contribution in [2.24, 2.45) is 0 Å². The van der Waals surface area contributed by atoms with Crippen molar-refractivity contribution in [1.29, 1.82) is 0 Å². The zero-order valence-electron chi connectivity index (χ0n) is 16.2. The summed E-state index contributed by atoms with van der Waals surface area (Å²) in [5.41, 5.74) is -0.466. The van der Waals surface area contributed by atoms with Gasteiger partial charge in [0.15, 0.2) is 11.6 Å². The van der Waals surface area contributed by atoms with E-state index in [1.165, 1.54) is 0 Å². The predicted octanol–water partition coefficient (Wildman–Crippen LogP) is 6.72. The standard InChI is InChI=1S/C22H16F6O3/c1-2-3-4-12-9-16(23)19(17(24)10-12)21(29)30-14-6-7-15-13(11-14)5-8-18(20(15)25)31-22(26,27)28/h5-11H,2-4H2,1H3. The molecular weight excluding hydrogens is 426 g/mol. The first-order chi connectivity index (χ1) is 14.6. The van der Waals surface area contributed by atoms with E-state index in [1.807, 2.05) is 6.92 Å².